The summed E-state index contributed by atoms with van der Waals surface area (Å²) < 4.78 is 5.13. The zero-order valence-corrected chi connectivity index (χ0v) is 10.4. The van der Waals surface area contributed by atoms with Crippen LogP contribution in [0.2, 0.25) is 5.02 Å². The molecule has 18 heavy (non-hydrogen) atoms. The second-order valence-electron chi connectivity index (χ2n) is 3.74. The molecule has 0 spiro atoms. The molecule has 0 aliphatic carbocycles. The number of aldehydes is 1. The SMILES string of the molecule is COc1ccc(Cl)c(-c2ccc(C=O)c(O)c2)c1. The van der Waals surface area contributed by atoms with E-state index in [9.17, 15) is 9.90 Å². The fraction of sp³-hybridized carbons (Fsp3) is 0.0714. The number of rotatable bonds is 3. The van der Waals surface area contributed by atoms with Crippen molar-refractivity contribution in [2.24, 2.45) is 0 Å². The van der Waals surface area contributed by atoms with Gasteiger partial charge in [-0.3, -0.25) is 4.79 Å². The van der Waals surface area contributed by atoms with Gasteiger partial charge < -0.3 is 9.84 Å². The minimum atomic E-state index is -0.0682. The van der Waals surface area contributed by atoms with Gasteiger partial charge in [0.2, 0.25) is 0 Å². The van der Waals surface area contributed by atoms with Gasteiger partial charge in [-0.05, 0) is 35.9 Å². The summed E-state index contributed by atoms with van der Waals surface area (Å²) in [6, 6.07) is 10.0. The van der Waals surface area contributed by atoms with Crippen LogP contribution in [0.5, 0.6) is 11.5 Å². The first-order valence-electron chi connectivity index (χ1n) is 5.28. The Balaban J connectivity index is 2.54. The van der Waals surface area contributed by atoms with Gasteiger partial charge in [0.1, 0.15) is 11.5 Å². The van der Waals surface area contributed by atoms with Gasteiger partial charge >= 0.3 is 0 Å². The highest BCUT2D eigenvalue weighted by Gasteiger charge is 2.08. The van der Waals surface area contributed by atoms with Crippen LogP contribution in [0.4, 0.5) is 0 Å². The predicted octanol–water partition coefficient (Wildman–Crippen LogP) is 3.53. The van der Waals surface area contributed by atoms with E-state index in [1.54, 1.807) is 37.4 Å². The second-order valence-corrected chi connectivity index (χ2v) is 4.14. The molecule has 0 atom stereocenters. The van der Waals surface area contributed by atoms with Gasteiger partial charge in [-0.1, -0.05) is 17.7 Å². The first kappa shape index (κ1) is 12.5. The van der Waals surface area contributed by atoms with Crippen molar-refractivity contribution in [3.8, 4) is 22.6 Å². The van der Waals surface area contributed by atoms with E-state index in [4.69, 9.17) is 16.3 Å². The number of carbonyl (C=O) groups excluding carboxylic acids is 1. The second kappa shape index (κ2) is 5.10. The highest BCUT2D eigenvalue weighted by molar-refractivity contribution is 6.33. The molecule has 2 rings (SSSR count). The summed E-state index contributed by atoms with van der Waals surface area (Å²) in [5.74, 6) is 0.606. The molecule has 0 amide bonds. The van der Waals surface area contributed by atoms with Crippen molar-refractivity contribution in [2.45, 2.75) is 0 Å². The van der Waals surface area contributed by atoms with Gasteiger partial charge in [0.15, 0.2) is 6.29 Å². The van der Waals surface area contributed by atoms with Gasteiger partial charge in [-0.15, -0.1) is 0 Å². The highest BCUT2D eigenvalue weighted by atomic mass is 35.5. The van der Waals surface area contributed by atoms with E-state index in [0.29, 0.717) is 17.1 Å². The van der Waals surface area contributed by atoms with Crippen molar-refractivity contribution < 1.29 is 14.6 Å². The lowest BCUT2D eigenvalue weighted by Gasteiger charge is -2.08. The number of carbonyl (C=O) groups is 1. The summed E-state index contributed by atoms with van der Waals surface area (Å²) in [5, 5.41) is 10.2. The third-order valence-corrected chi connectivity index (χ3v) is 2.97. The number of methoxy groups -OCH3 is 1. The average Bonchev–Trinajstić information content (AvgIpc) is 2.39. The van der Waals surface area contributed by atoms with Crippen LogP contribution in [0.15, 0.2) is 36.4 Å². The quantitative estimate of drug-likeness (QED) is 0.861. The highest BCUT2D eigenvalue weighted by Crippen LogP contribution is 2.33. The number of phenols is 1. The van der Waals surface area contributed by atoms with Crippen molar-refractivity contribution in [1.29, 1.82) is 0 Å². The third kappa shape index (κ3) is 2.31. The van der Waals surface area contributed by atoms with E-state index in [1.807, 2.05) is 0 Å². The Morgan fingerprint density at radius 2 is 2.00 bits per heavy atom. The van der Waals surface area contributed by atoms with Crippen molar-refractivity contribution in [3.63, 3.8) is 0 Å². The monoisotopic (exact) mass is 262 g/mol. The maximum Gasteiger partial charge on any atom is 0.153 e. The van der Waals surface area contributed by atoms with E-state index in [1.165, 1.54) is 6.07 Å². The number of benzene rings is 2. The molecule has 2 aromatic carbocycles. The Kier molecular flexibility index (Phi) is 3.53. The van der Waals surface area contributed by atoms with Crippen molar-refractivity contribution in [2.75, 3.05) is 7.11 Å². The summed E-state index contributed by atoms with van der Waals surface area (Å²) in [4.78, 5) is 10.6. The smallest absolute Gasteiger partial charge is 0.153 e. The van der Waals surface area contributed by atoms with Gasteiger partial charge in [0.05, 0.1) is 12.7 Å². The van der Waals surface area contributed by atoms with Crippen molar-refractivity contribution in [1.82, 2.24) is 0 Å². The Morgan fingerprint density at radius 1 is 1.22 bits per heavy atom. The molecule has 0 aromatic heterocycles. The van der Waals surface area contributed by atoms with E-state index in [0.717, 1.165) is 11.1 Å². The molecule has 0 unspecified atom stereocenters. The van der Waals surface area contributed by atoms with Gasteiger partial charge in [-0.25, -0.2) is 0 Å². The Bertz CT molecular complexity index is 594. The molecule has 1 N–H and O–H groups in total. The Morgan fingerprint density at radius 3 is 2.61 bits per heavy atom. The van der Waals surface area contributed by atoms with Crippen LogP contribution in [0.3, 0.4) is 0 Å². The van der Waals surface area contributed by atoms with E-state index in [-0.39, 0.29) is 11.3 Å². The zero-order valence-electron chi connectivity index (χ0n) is 9.68. The first-order chi connectivity index (χ1) is 8.65. The zero-order chi connectivity index (χ0) is 13.1. The van der Waals surface area contributed by atoms with E-state index in [2.05, 4.69) is 0 Å². The molecule has 0 aliphatic heterocycles. The maximum atomic E-state index is 10.6. The molecule has 0 radical (unpaired) electrons. The normalized spacial score (nSPS) is 10.1. The lowest BCUT2D eigenvalue weighted by atomic mass is 10.0. The number of halogens is 1. The Hall–Kier alpha value is -2.00. The molecule has 4 heteroatoms. The lowest BCUT2D eigenvalue weighted by Crippen LogP contribution is -1.87. The van der Waals surface area contributed by atoms with E-state index >= 15 is 0 Å². The number of hydrogen-bond donors (Lipinski definition) is 1. The number of ether oxygens (including phenoxy) is 1. The summed E-state index contributed by atoms with van der Waals surface area (Å²) in [6.45, 7) is 0. The summed E-state index contributed by atoms with van der Waals surface area (Å²) in [7, 11) is 1.57. The van der Waals surface area contributed by atoms with E-state index < -0.39 is 0 Å². The molecule has 0 heterocycles. The van der Waals surface area contributed by atoms with Gasteiger partial charge in [0, 0.05) is 10.6 Å². The molecule has 3 nitrogen and oxygen atoms in total. The van der Waals surface area contributed by atoms with Crippen LogP contribution in [-0.2, 0) is 0 Å². The van der Waals surface area contributed by atoms with Crippen LogP contribution < -0.4 is 4.74 Å². The maximum absolute atomic E-state index is 10.6. The molecule has 0 bridgehead atoms. The lowest BCUT2D eigenvalue weighted by molar-refractivity contribution is 0.112. The van der Waals surface area contributed by atoms with Crippen LogP contribution in [0, 0.1) is 0 Å². The van der Waals surface area contributed by atoms with Crippen LogP contribution in [0.1, 0.15) is 10.4 Å². The molecule has 0 aliphatic rings. The summed E-state index contributed by atoms with van der Waals surface area (Å²) >= 11 is 6.11. The number of aromatic hydroxyl groups is 1. The average molecular weight is 263 g/mol. The molecular weight excluding hydrogens is 252 g/mol. The molecule has 0 saturated carbocycles. The Labute approximate surface area is 110 Å². The summed E-state index contributed by atoms with van der Waals surface area (Å²) in [5.41, 5.74) is 1.71. The van der Waals surface area contributed by atoms with Gasteiger partial charge in [0.25, 0.3) is 0 Å². The number of hydrogen-bond acceptors (Lipinski definition) is 3. The van der Waals surface area contributed by atoms with Crippen LogP contribution >= 0.6 is 11.6 Å². The standard InChI is InChI=1S/C14H11ClO3/c1-18-11-4-5-13(15)12(7-11)9-2-3-10(8-16)14(17)6-9/h2-8,17H,1H3. The molecule has 92 valence electrons. The first-order valence-corrected chi connectivity index (χ1v) is 5.65. The fourth-order valence-electron chi connectivity index (χ4n) is 1.66. The largest absolute Gasteiger partial charge is 0.507 e. The molecule has 0 saturated heterocycles. The van der Waals surface area contributed by atoms with Crippen LogP contribution in [-0.4, -0.2) is 18.5 Å². The minimum Gasteiger partial charge on any atom is -0.507 e. The predicted molar refractivity (Wildman–Crippen MR) is 70.5 cm³/mol. The molecule has 0 fully saturated rings. The fourth-order valence-corrected chi connectivity index (χ4v) is 1.89. The van der Waals surface area contributed by atoms with Crippen molar-refractivity contribution in [3.05, 3.63) is 47.0 Å². The van der Waals surface area contributed by atoms with Crippen molar-refractivity contribution >= 4 is 17.9 Å². The number of phenolic OH excluding ortho intramolecular Hbond substituents is 1. The third-order valence-electron chi connectivity index (χ3n) is 2.64. The van der Waals surface area contributed by atoms with Crippen LogP contribution in [0.25, 0.3) is 11.1 Å². The molecular formula is C14H11ClO3. The topological polar surface area (TPSA) is 46.5 Å². The molecule has 2 aromatic rings. The minimum absolute atomic E-state index is 0.0682. The van der Waals surface area contributed by atoms with Gasteiger partial charge in [-0.2, -0.15) is 0 Å². The summed E-state index contributed by atoms with van der Waals surface area (Å²) in [6.07, 6.45) is 0.603.